The average molecular weight is 268 g/mol. The molecule has 100 valence electrons. The van der Waals surface area contributed by atoms with Crippen LogP contribution in [0.5, 0.6) is 0 Å². The third-order valence-corrected chi connectivity index (χ3v) is 4.17. The van der Waals surface area contributed by atoms with Gasteiger partial charge >= 0.3 is 0 Å². The van der Waals surface area contributed by atoms with Gasteiger partial charge in [0.25, 0.3) is 0 Å². The van der Waals surface area contributed by atoms with Gasteiger partial charge in [-0.05, 0) is 38.6 Å². The lowest BCUT2D eigenvalue weighted by atomic mass is 10.0. The van der Waals surface area contributed by atoms with E-state index in [1.54, 1.807) is 0 Å². The fourth-order valence-electron chi connectivity index (χ4n) is 2.92. The molecule has 0 radical (unpaired) electrons. The summed E-state index contributed by atoms with van der Waals surface area (Å²) in [6.45, 7) is 7.06. The van der Waals surface area contributed by atoms with E-state index in [0.717, 1.165) is 23.7 Å². The first-order chi connectivity index (χ1) is 8.54. The molecule has 0 aromatic heterocycles. The Labute approximate surface area is 115 Å². The molecule has 2 N–H and O–H groups in total. The second kappa shape index (κ2) is 5.47. The number of piperazine rings is 1. The monoisotopic (exact) mass is 267 g/mol. The minimum absolute atomic E-state index is 0.357. The van der Waals surface area contributed by atoms with Crippen molar-refractivity contribution in [3.8, 4) is 0 Å². The molecule has 0 bridgehead atoms. The fourth-order valence-corrected chi connectivity index (χ4v) is 3.09. The van der Waals surface area contributed by atoms with E-state index >= 15 is 0 Å². The van der Waals surface area contributed by atoms with Gasteiger partial charge in [-0.15, -0.1) is 0 Å². The Morgan fingerprint density at radius 1 is 1.39 bits per heavy atom. The van der Waals surface area contributed by atoms with Crippen molar-refractivity contribution in [2.45, 2.75) is 25.9 Å². The SMILES string of the molecule is Cc1c(Cl)cccc1N1C(C)CN(C)CC1CN. The van der Waals surface area contributed by atoms with Gasteiger partial charge in [0.05, 0.1) is 6.04 Å². The second-order valence-corrected chi connectivity index (χ2v) is 5.66. The maximum Gasteiger partial charge on any atom is 0.0542 e. The van der Waals surface area contributed by atoms with Crippen molar-refractivity contribution in [2.75, 3.05) is 31.6 Å². The quantitative estimate of drug-likeness (QED) is 0.891. The predicted molar refractivity (Wildman–Crippen MR) is 78.5 cm³/mol. The summed E-state index contributed by atoms with van der Waals surface area (Å²) < 4.78 is 0. The number of rotatable bonds is 2. The Balaban J connectivity index is 2.37. The molecule has 1 fully saturated rings. The lowest BCUT2D eigenvalue weighted by molar-refractivity contribution is 0.234. The minimum atomic E-state index is 0.357. The number of nitrogens with two attached hydrogens (primary N) is 1. The van der Waals surface area contributed by atoms with Gasteiger partial charge in [0, 0.05) is 36.4 Å². The van der Waals surface area contributed by atoms with E-state index < -0.39 is 0 Å². The number of nitrogens with zero attached hydrogens (tertiary/aromatic N) is 2. The summed E-state index contributed by atoms with van der Waals surface area (Å²) in [6.07, 6.45) is 0. The van der Waals surface area contributed by atoms with Crippen LogP contribution in [-0.2, 0) is 0 Å². The maximum absolute atomic E-state index is 6.23. The van der Waals surface area contributed by atoms with Crippen molar-refractivity contribution in [1.29, 1.82) is 0 Å². The van der Waals surface area contributed by atoms with E-state index in [2.05, 4.69) is 36.8 Å². The summed E-state index contributed by atoms with van der Waals surface area (Å²) >= 11 is 6.23. The molecule has 0 saturated carbocycles. The summed E-state index contributed by atoms with van der Waals surface area (Å²) in [5, 5.41) is 0.828. The molecule has 2 unspecified atom stereocenters. The standard InChI is InChI=1S/C14H22ClN3/c1-10-8-17(3)9-12(7-16)18(10)14-6-4-5-13(15)11(14)2/h4-6,10,12H,7-9,16H2,1-3H3. The molecular weight excluding hydrogens is 246 g/mol. The highest BCUT2D eigenvalue weighted by atomic mass is 35.5. The smallest absolute Gasteiger partial charge is 0.0542 e. The molecule has 1 aliphatic rings. The first kappa shape index (κ1) is 13.7. The van der Waals surface area contributed by atoms with Crippen molar-refractivity contribution >= 4 is 17.3 Å². The zero-order valence-corrected chi connectivity index (χ0v) is 12.1. The lowest BCUT2D eigenvalue weighted by Crippen LogP contribution is -2.59. The van der Waals surface area contributed by atoms with Gasteiger partial charge < -0.3 is 15.5 Å². The van der Waals surface area contributed by atoms with Gasteiger partial charge in [-0.1, -0.05) is 17.7 Å². The van der Waals surface area contributed by atoms with Crippen LogP contribution < -0.4 is 10.6 Å². The second-order valence-electron chi connectivity index (χ2n) is 5.25. The molecule has 0 amide bonds. The maximum atomic E-state index is 6.23. The molecule has 4 heteroatoms. The largest absolute Gasteiger partial charge is 0.362 e. The van der Waals surface area contributed by atoms with Gasteiger partial charge in [-0.3, -0.25) is 0 Å². The van der Waals surface area contributed by atoms with Crippen LogP contribution in [0, 0.1) is 6.92 Å². The summed E-state index contributed by atoms with van der Waals surface area (Å²) in [5.41, 5.74) is 8.31. The van der Waals surface area contributed by atoms with E-state index in [4.69, 9.17) is 17.3 Å². The van der Waals surface area contributed by atoms with Gasteiger partial charge in [0.15, 0.2) is 0 Å². The Hall–Kier alpha value is -0.770. The van der Waals surface area contributed by atoms with Crippen molar-refractivity contribution < 1.29 is 0 Å². The Kier molecular flexibility index (Phi) is 4.15. The van der Waals surface area contributed by atoms with Gasteiger partial charge in [0.1, 0.15) is 0 Å². The van der Waals surface area contributed by atoms with Crippen molar-refractivity contribution in [3.63, 3.8) is 0 Å². The first-order valence-electron chi connectivity index (χ1n) is 6.46. The molecule has 1 aromatic rings. The highest BCUT2D eigenvalue weighted by molar-refractivity contribution is 6.31. The van der Waals surface area contributed by atoms with E-state index in [1.807, 2.05) is 12.1 Å². The number of anilines is 1. The molecule has 1 saturated heterocycles. The van der Waals surface area contributed by atoms with Crippen LogP contribution in [0.4, 0.5) is 5.69 Å². The summed E-state index contributed by atoms with van der Waals surface area (Å²) in [4.78, 5) is 4.78. The Morgan fingerprint density at radius 3 is 2.78 bits per heavy atom. The van der Waals surface area contributed by atoms with E-state index in [-0.39, 0.29) is 0 Å². The molecule has 3 nitrogen and oxygen atoms in total. The average Bonchev–Trinajstić information content (AvgIpc) is 2.32. The molecule has 2 rings (SSSR count). The van der Waals surface area contributed by atoms with Crippen LogP contribution in [-0.4, -0.2) is 43.7 Å². The Bertz CT molecular complexity index is 422. The van der Waals surface area contributed by atoms with Crippen LogP contribution in [0.3, 0.4) is 0 Å². The topological polar surface area (TPSA) is 32.5 Å². The summed E-state index contributed by atoms with van der Waals surface area (Å²) in [6, 6.07) is 6.92. The molecule has 1 aliphatic heterocycles. The number of halogens is 1. The van der Waals surface area contributed by atoms with Crippen molar-refractivity contribution in [1.82, 2.24) is 4.90 Å². The van der Waals surface area contributed by atoms with Crippen LogP contribution in [0.1, 0.15) is 12.5 Å². The summed E-state index contributed by atoms with van der Waals surface area (Å²) in [5.74, 6) is 0. The van der Waals surface area contributed by atoms with E-state index in [1.165, 1.54) is 5.69 Å². The molecular formula is C14H22ClN3. The normalized spacial score (nSPS) is 25.5. The fraction of sp³-hybridized carbons (Fsp3) is 0.571. The third kappa shape index (κ3) is 2.48. The van der Waals surface area contributed by atoms with E-state index in [9.17, 15) is 0 Å². The van der Waals surface area contributed by atoms with Gasteiger partial charge in [-0.2, -0.15) is 0 Å². The van der Waals surface area contributed by atoms with Crippen molar-refractivity contribution in [2.24, 2.45) is 5.73 Å². The van der Waals surface area contributed by atoms with Crippen molar-refractivity contribution in [3.05, 3.63) is 28.8 Å². The number of hydrogen-bond acceptors (Lipinski definition) is 3. The molecule has 0 spiro atoms. The number of benzene rings is 1. The molecule has 1 aromatic carbocycles. The van der Waals surface area contributed by atoms with Crippen LogP contribution in [0.2, 0.25) is 5.02 Å². The van der Waals surface area contributed by atoms with Crippen LogP contribution >= 0.6 is 11.6 Å². The van der Waals surface area contributed by atoms with Gasteiger partial charge in [-0.25, -0.2) is 0 Å². The highest BCUT2D eigenvalue weighted by Gasteiger charge is 2.30. The highest BCUT2D eigenvalue weighted by Crippen LogP contribution is 2.31. The third-order valence-electron chi connectivity index (χ3n) is 3.76. The number of hydrogen-bond donors (Lipinski definition) is 1. The number of likely N-dealkylation sites (N-methyl/N-ethyl adjacent to an activating group) is 1. The van der Waals surface area contributed by atoms with Crippen LogP contribution in [0.15, 0.2) is 18.2 Å². The molecule has 0 aliphatic carbocycles. The molecule has 1 heterocycles. The first-order valence-corrected chi connectivity index (χ1v) is 6.84. The Morgan fingerprint density at radius 2 is 2.11 bits per heavy atom. The van der Waals surface area contributed by atoms with E-state index in [0.29, 0.717) is 18.6 Å². The summed E-state index contributed by atoms with van der Waals surface area (Å²) in [7, 11) is 2.15. The van der Waals surface area contributed by atoms with Gasteiger partial charge in [0.2, 0.25) is 0 Å². The zero-order valence-electron chi connectivity index (χ0n) is 11.4. The molecule has 18 heavy (non-hydrogen) atoms. The van der Waals surface area contributed by atoms with Crippen LogP contribution in [0.25, 0.3) is 0 Å². The minimum Gasteiger partial charge on any atom is -0.362 e. The zero-order chi connectivity index (χ0) is 13.3. The molecule has 2 atom stereocenters. The lowest BCUT2D eigenvalue weighted by Gasteiger charge is -2.46. The predicted octanol–water partition coefficient (Wildman–Crippen LogP) is 2.12.